The number of hydrogen-bond donors (Lipinski definition) is 0. The van der Waals surface area contributed by atoms with Crippen molar-refractivity contribution in [1.82, 2.24) is 9.88 Å². The van der Waals surface area contributed by atoms with Crippen LogP contribution >= 0.6 is 11.6 Å². The Bertz CT molecular complexity index is 307. The number of aromatic nitrogens is 1. The number of hydrogen-bond acceptors (Lipinski definition) is 3. The minimum absolute atomic E-state index is 0.541. The Hall–Kier alpha value is -1.09. The summed E-state index contributed by atoms with van der Waals surface area (Å²) in [6, 6.07) is 3.80. The summed E-state index contributed by atoms with van der Waals surface area (Å²) in [4.78, 5) is 10.3. The Morgan fingerprint density at radius 2 is 2.38 bits per heavy atom. The minimum Gasteiger partial charge on any atom is -0.357 e. The van der Waals surface area contributed by atoms with Crippen molar-refractivity contribution in [2.24, 2.45) is 4.99 Å². The summed E-state index contributed by atoms with van der Waals surface area (Å²) >= 11 is 5.68. The van der Waals surface area contributed by atoms with E-state index in [-0.39, 0.29) is 0 Å². The van der Waals surface area contributed by atoms with Crippen LogP contribution in [0.15, 0.2) is 23.3 Å². The van der Waals surface area contributed by atoms with Crippen molar-refractivity contribution >= 4 is 17.9 Å². The van der Waals surface area contributed by atoms with E-state index in [1.54, 1.807) is 6.20 Å². The van der Waals surface area contributed by atoms with Crippen molar-refractivity contribution in [3.05, 3.63) is 29.0 Å². The molecule has 1 aliphatic rings. The zero-order valence-electron chi connectivity index (χ0n) is 7.15. The van der Waals surface area contributed by atoms with Gasteiger partial charge in [-0.3, -0.25) is 4.99 Å². The van der Waals surface area contributed by atoms with E-state index in [0.29, 0.717) is 5.15 Å². The zero-order chi connectivity index (χ0) is 9.10. The van der Waals surface area contributed by atoms with Crippen molar-refractivity contribution in [2.75, 3.05) is 13.1 Å². The third kappa shape index (κ3) is 2.18. The fourth-order valence-corrected chi connectivity index (χ4v) is 1.38. The van der Waals surface area contributed by atoms with E-state index in [1.165, 1.54) is 0 Å². The molecule has 1 aromatic heterocycles. The molecule has 4 heteroatoms. The molecule has 0 saturated carbocycles. The monoisotopic (exact) mass is 195 g/mol. The second kappa shape index (κ2) is 3.75. The van der Waals surface area contributed by atoms with Crippen LogP contribution < -0.4 is 0 Å². The molecule has 0 amide bonds. The second-order valence-corrected chi connectivity index (χ2v) is 3.37. The number of aliphatic imine (C=N–C) groups is 1. The minimum atomic E-state index is 0.541. The first-order valence-electron chi connectivity index (χ1n) is 4.19. The Kier molecular flexibility index (Phi) is 2.45. The predicted molar refractivity (Wildman–Crippen MR) is 53.0 cm³/mol. The number of halogens is 1. The predicted octanol–water partition coefficient (Wildman–Crippen LogP) is 1.58. The maximum atomic E-state index is 5.68. The molecule has 13 heavy (non-hydrogen) atoms. The fraction of sp³-hybridized carbons (Fsp3) is 0.333. The second-order valence-electron chi connectivity index (χ2n) is 2.98. The highest BCUT2D eigenvalue weighted by Crippen LogP contribution is 2.08. The first-order chi connectivity index (χ1) is 6.34. The molecule has 0 saturated heterocycles. The van der Waals surface area contributed by atoms with E-state index in [4.69, 9.17) is 11.6 Å². The number of nitrogens with zero attached hydrogens (tertiary/aromatic N) is 3. The van der Waals surface area contributed by atoms with Crippen LogP contribution in [0, 0.1) is 0 Å². The lowest BCUT2D eigenvalue weighted by Crippen LogP contribution is -2.18. The molecule has 3 nitrogen and oxygen atoms in total. The molecular weight excluding hydrogens is 186 g/mol. The summed E-state index contributed by atoms with van der Waals surface area (Å²) in [6.45, 7) is 2.78. The molecule has 0 spiro atoms. The van der Waals surface area contributed by atoms with Crippen LogP contribution in [-0.4, -0.2) is 29.3 Å². The van der Waals surface area contributed by atoms with Crippen molar-refractivity contribution in [3.8, 4) is 0 Å². The normalized spacial score (nSPS) is 15.3. The van der Waals surface area contributed by atoms with E-state index >= 15 is 0 Å². The van der Waals surface area contributed by atoms with Gasteiger partial charge in [0, 0.05) is 19.3 Å². The van der Waals surface area contributed by atoms with E-state index in [9.17, 15) is 0 Å². The largest absolute Gasteiger partial charge is 0.357 e. The van der Waals surface area contributed by atoms with Gasteiger partial charge < -0.3 is 4.90 Å². The lowest BCUT2D eigenvalue weighted by atomic mass is 10.3. The third-order valence-electron chi connectivity index (χ3n) is 1.94. The van der Waals surface area contributed by atoms with E-state index in [0.717, 1.165) is 25.2 Å². The van der Waals surface area contributed by atoms with Crippen molar-refractivity contribution in [3.63, 3.8) is 0 Å². The summed E-state index contributed by atoms with van der Waals surface area (Å²) in [6.07, 6.45) is 3.68. The summed E-state index contributed by atoms with van der Waals surface area (Å²) in [5, 5.41) is 0.541. The highest BCUT2D eigenvalue weighted by molar-refractivity contribution is 6.29. The van der Waals surface area contributed by atoms with Crippen molar-refractivity contribution in [2.45, 2.75) is 6.54 Å². The van der Waals surface area contributed by atoms with Crippen LogP contribution in [0.25, 0.3) is 0 Å². The summed E-state index contributed by atoms with van der Waals surface area (Å²) < 4.78 is 0. The standard InChI is InChI=1S/C9H10ClN3/c10-9-2-1-8(5-12-9)6-13-4-3-11-7-13/h1-2,5,7H,3-4,6H2. The maximum absolute atomic E-state index is 5.68. The molecule has 0 unspecified atom stereocenters. The smallest absolute Gasteiger partial charge is 0.129 e. The van der Waals surface area contributed by atoms with E-state index in [2.05, 4.69) is 14.9 Å². The molecule has 0 bridgehead atoms. The van der Waals surface area contributed by atoms with Gasteiger partial charge in [-0.2, -0.15) is 0 Å². The van der Waals surface area contributed by atoms with Crippen LogP contribution in [0.5, 0.6) is 0 Å². The molecule has 0 atom stereocenters. The van der Waals surface area contributed by atoms with Gasteiger partial charge in [-0.05, 0) is 11.6 Å². The quantitative estimate of drug-likeness (QED) is 0.671. The first-order valence-corrected chi connectivity index (χ1v) is 4.57. The lowest BCUT2D eigenvalue weighted by Gasteiger charge is -2.12. The van der Waals surface area contributed by atoms with Crippen molar-refractivity contribution < 1.29 is 0 Å². The fourth-order valence-electron chi connectivity index (χ4n) is 1.27. The molecule has 0 aromatic carbocycles. The molecular formula is C9H10ClN3. The van der Waals surface area contributed by atoms with E-state index < -0.39 is 0 Å². The van der Waals surface area contributed by atoms with Gasteiger partial charge in [0.2, 0.25) is 0 Å². The average molecular weight is 196 g/mol. The van der Waals surface area contributed by atoms with Crippen LogP contribution in [0.1, 0.15) is 5.56 Å². The number of pyridine rings is 1. The molecule has 0 fully saturated rings. The highest BCUT2D eigenvalue weighted by atomic mass is 35.5. The van der Waals surface area contributed by atoms with Crippen LogP contribution in [0.4, 0.5) is 0 Å². The molecule has 68 valence electrons. The maximum Gasteiger partial charge on any atom is 0.129 e. The first kappa shape index (κ1) is 8.51. The van der Waals surface area contributed by atoms with Gasteiger partial charge in [-0.1, -0.05) is 17.7 Å². The molecule has 0 aliphatic carbocycles. The highest BCUT2D eigenvalue weighted by Gasteiger charge is 2.05. The average Bonchev–Trinajstić information content (AvgIpc) is 2.62. The van der Waals surface area contributed by atoms with Crippen LogP contribution in [0.2, 0.25) is 5.15 Å². The summed E-state index contributed by atoms with van der Waals surface area (Å²) in [7, 11) is 0. The third-order valence-corrected chi connectivity index (χ3v) is 2.16. The zero-order valence-corrected chi connectivity index (χ0v) is 7.91. The lowest BCUT2D eigenvalue weighted by molar-refractivity contribution is 0.462. The van der Waals surface area contributed by atoms with Gasteiger partial charge in [0.15, 0.2) is 0 Å². The molecule has 0 radical (unpaired) electrons. The molecule has 0 N–H and O–H groups in total. The van der Waals surface area contributed by atoms with Gasteiger partial charge in [0.05, 0.1) is 12.9 Å². The SMILES string of the molecule is Clc1ccc(CN2C=NCC2)cn1. The van der Waals surface area contributed by atoms with Gasteiger partial charge in [0.1, 0.15) is 5.15 Å². The molecule has 1 aliphatic heterocycles. The topological polar surface area (TPSA) is 28.5 Å². The van der Waals surface area contributed by atoms with E-state index in [1.807, 2.05) is 18.5 Å². The van der Waals surface area contributed by atoms with Gasteiger partial charge in [-0.25, -0.2) is 4.98 Å². The summed E-state index contributed by atoms with van der Waals surface area (Å²) in [5.41, 5.74) is 1.16. The Morgan fingerprint density at radius 3 is 3.00 bits per heavy atom. The Labute approximate surface area is 82.1 Å². The molecule has 1 aromatic rings. The molecule has 2 heterocycles. The Morgan fingerprint density at radius 1 is 1.46 bits per heavy atom. The number of rotatable bonds is 2. The van der Waals surface area contributed by atoms with Crippen LogP contribution in [-0.2, 0) is 6.54 Å². The summed E-state index contributed by atoms with van der Waals surface area (Å²) in [5.74, 6) is 0. The van der Waals surface area contributed by atoms with Gasteiger partial charge in [0.25, 0.3) is 0 Å². The van der Waals surface area contributed by atoms with Crippen LogP contribution in [0.3, 0.4) is 0 Å². The Balaban J connectivity index is 2.01. The molecule has 2 rings (SSSR count). The van der Waals surface area contributed by atoms with Gasteiger partial charge >= 0.3 is 0 Å². The van der Waals surface area contributed by atoms with Crippen molar-refractivity contribution in [1.29, 1.82) is 0 Å². The van der Waals surface area contributed by atoms with Gasteiger partial charge in [-0.15, -0.1) is 0 Å².